The molecule has 0 radical (unpaired) electrons. The van der Waals surface area contributed by atoms with Gasteiger partial charge in [-0.05, 0) is 36.8 Å². The molecule has 0 aromatic heterocycles. The van der Waals surface area contributed by atoms with E-state index in [1.807, 2.05) is 72.8 Å². The second kappa shape index (κ2) is 10.3. The van der Waals surface area contributed by atoms with Gasteiger partial charge in [0.1, 0.15) is 11.8 Å². The molecule has 1 atom stereocenters. The van der Waals surface area contributed by atoms with E-state index < -0.39 is 6.04 Å². The van der Waals surface area contributed by atoms with Crippen LogP contribution in [0, 0.1) is 0 Å². The highest BCUT2D eigenvalue weighted by Crippen LogP contribution is 2.25. The topological polar surface area (TPSA) is 58.6 Å². The summed E-state index contributed by atoms with van der Waals surface area (Å²) in [7, 11) is 0. The second-order valence-corrected chi connectivity index (χ2v) is 8.44. The van der Waals surface area contributed by atoms with Gasteiger partial charge in [-0.3, -0.25) is 9.59 Å². The maximum absolute atomic E-state index is 13.3. The van der Waals surface area contributed by atoms with Gasteiger partial charge < -0.3 is 15.0 Å². The van der Waals surface area contributed by atoms with Crippen LogP contribution in [0.5, 0.6) is 5.75 Å². The lowest BCUT2D eigenvalue weighted by Crippen LogP contribution is -2.50. The van der Waals surface area contributed by atoms with Crippen LogP contribution in [0.15, 0.2) is 72.8 Å². The fraction of sp³-hybridized carbons (Fsp3) is 0.333. The fourth-order valence-electron chi connectivity index (χ4n) is 4.30. The third-order valence-corrected chi connectivity index (χ3v) is 6.17. The van der Waals surface area contributed by atoms with E-state index in [0.717, 1.165) is 42.0 Å². The number of rotatable bonds is 8. The van der Waals surface area contributed by atoms with Gasteiger partial charge in [0.2, 0.25) is 5.91 Å². The van der Waals surface area contributed by atoms with Crippen LogP contribution in [-0.4, -0.2) is 35.4 Å². The minimum absolute atomic E-state index is 0.105. The molecular formula is C27H30N2O3. The van der Waals surface area contributed by atoms with Crippen LogP contribution < -0.4 is 10.1 Å². The van der Waals surface area contributed by atoms with E-state index in [4.69, 9.17) is 4.74 Å². The Labute approximate surface area is 189 Å². The first-order valence-electron chi connectivity index (χ1n) is 11.4. The molecule has 0 heterocycles. The van der Waals surface area contributed by atoms with Gasteiger partial charge in [0.05, 0.1) is 0 Å². The summed E-state index contributed by atoms with van der Waals surface area (Å²) in [5.41, 5.74) is 0.978. The number of benzene rings is 3. The van der Waals surface area contributed by atoms with Gasteiger partial charge in [0, 0.05) is 18.0 Å². The lowest BCUT2D eigenvalue weighted by atomic mass is 10.1. The third kappa shape index (κ3) is 5.28. The van der Waals surface area contributed by atoms with E-state index in [9.17, 15) is 9.59 Å². The molecule has 32 heavy (non-hydrogen) atoms. The molecule has 0 spiro atoms. The molecule has 3 aromatic carbocycles. The molecule has 2 amide bonds. The molecule has 0 unspecified atom stereocenters. The summed E-state index contributed by atoms with van der Waals surface area (Å²) in [6, 6.07) is 23.1. The summed E-state index contributed by atoms with van der Waals surface area (Å²) in [6.45, 7) is 2.03. The van der Waals surface area contributed by atoms with Crippen molar-refractivity contribution < 1.29 is 14.3 Å². The first kappa shape index (κ1) is 21.9. The zero-order valence-electron chi connectivity index (χ0n) is 18.5. The Balaban J connectivity index is 1.48. The maximum atomic E-state index is 13.3. The van der Waals surface area contributed by atoms with Gasteiger partial charge in [-0.25, -0.2) is 0 Å². The molecule has 1 fully saturated rings. The van der Waals surface area contributed by atoms with Crippen LogP contribution in [0.4, 0.5) is 0 Å². The van der Waals surface area contributed by atoms with Gasteiger partial charge in [0.25, 0.3) is 5.91 Å². The van der Waals surface area contributed by atoms with Crippen LogP contribution in [0.25, 0.3) is 10.8 Å². The monoisotopic (exact) mass is 430 g/mol. The molecular weight excluding hydrogens is 400 g/mol. The van der Waals surface area contributed by atoms with Crippen molar-refractivity contribution in [2.45, 2.75) is 51.2 Å². The Kier molecular flexibility index (Phi) is 7.05. The lowest BCUT2D eigenvalue weighted by Gasteiger charge is -2.29. The van der Waals surface area contributed by atoms with Gasteiger partial charge >= 0.3 is 0 Å². The van der Waals surface area contributed by atoms with Crippen molar-refractivity contribution in [2.24, 2.45) is 0 Å². The lowest BCUT2D eigenvalue weighted by molar-refractivity contribution is -0.142. The summed E-state index contributed by atoms with van der Waals surface area (Å²) >= 11 is 0. The summed E-state index contributed by atoms with van der Waals surface area (Å²) in [5, 5.41) is 5.14. The van der Waals surface area contributed by atoms with Crippen LogP contribution in [0.3, 0.4) is 0 Å². The van der Waals surface area contributed by atoms with Crippen LogP contribution in [-0.2, 0) is 16.1 Å². The molecule has 0 saturated heterocycles. The van der Waals surface area contributed by atoms with Crippen LogP contribution in [0.2, 0.25) is 0 Å². The van der Waals surface area contributed by atoms with E-state index >= 15 is 0 Å². The van der Waals surface area contributed by atoms with Gasteiger partial charge in [-0.15, -0.1) is 0 Å². The van der Waals surface area contributed by atoms with Crippen molar-refractivity contribution in [3.63, 3.8) is 0 Å². The number of carbonyl (C=O) groups excluding carboxylic acids is 2. The number of amides is 2. The Bertz CT molecular complexity index is 1060. The second-order valence-electron chi connectivity index (χ2n) is 8.44. The largest absolute Gasteiger partial charge is 0.483 e. The number of hydrogen-bond donors (Lipinski definition) is 1. The Morgan fingerprint density at radius 2 is 1.66 bits per heavy atom. The zero-order chi connectivity index (χ0) is 22.3. The summed E-state index contributed by atoms with van der Waals surface area (Å²) in [4.78, 5) is 27.8. The molecule has 1 aliphatic rings. The maximum Gasteiger partial charge on any atom is 0.261 e. The number of nitrogens with zero attached hydrogens (tertiary/aromatic N) is 1. The summed E-state index contributed by atoms with van der Waals surface area (Å²) < 4.78 is 5.94. The minimum atomic E-state index is -0.584. The molecule has 4 rings (SSSR count). The molecule has 166 valence electrons. The van der Waals surface area contributed by atoms with Crippen LogP contribution >= 0.6 is 0 Å². The average molecular weight is 431 g/mol. The van der Waals surface area contributed by atoms with E-state index in [-0.39, 0.29) is 24.5 Å². The van der Waals surface area contributed by atoms with Crippen molar-refractivity contribution in [1.29, 1.82) is 0 Å². The van der Waals surface area contributed by atoms with E-state index in [1.54, 1.807) is 11.8 Å². The SMILES string of the molecule is C[C@H](C(=O)NC1CCCC1)N(Cc1ccccc1)C(=O)COc1cccc2ccccc12. The van der Waals surface area contributed by atoms with Gasteiger partial charge in [-0.2, -0.15) is 0 Å². The number of fused-ring (bicyclic) bond motifs is 1. The molecule has 0 bridgehead atoms. The zero-order valence-corrected chi connectivity index (χ0v) is 18.5. The predicted molar refractivity (Wildman–Crippen MR) is 126 cm³/mol. The van der Waals surface area contributed by atoms with Gasteiger partial charge in [0.15, 0.2) is 6.61 Å². The van der Waals surface area contributed by atoms with Crippen molar-refractivity contribution >= 4 is 22.6 Å². The molecule has 5 heteroatoms. The van der Waals surface area contributed by atoms with E-state index in [1.165, 1.54) is 0 Å². The molecule has 0 aliphatic heterocycles. The summed E-state index contributed by atoms with van der Waals surface area (Å²) in [5.74, 6) is 0.348. The van der Waals surface area contributed by atoms with Crippen molar-refractivity contribution in [2.75, 3.05) is 6.61 Å². The number of hydrogen-bond acceptors (Lipinski definition) is 3. The quantitative estimate of drug-likeness (QED) is 0.564. The predicted octanol–water partition coefficient (Wildman–Crippen LogP) is 4.69. The van der Waals surface area contributed by atoms with E-state index in [0.29, 0.717) is 12.3 Å². The molecule has 1 N–H and O–H groups in total. The highest BCUT2D eigenvalue weighted by molar-refractivity contribution is 5.90. The normalized spacial score (nSPS) is 14.8. The van der Waals surface area contributed by atoms with Crippen molar-refractivity contribution in [1.82, 2.24) is 10.2 Å². The fourth-order valence-corrected chi connectivity index (χ4v) is 4.30. The Morgan fingerprint density at radius 1 is 0.969 bits per heavy atom. The molecule has 1 aliphatic carbocycles. The first-order valence-corrected chi connectivity index (χ1v) is 11.4. The smallest absolute Gasteiger partial charge is 0.261 e. The highest BCUT2D eigenvalue weighted by atomic mass is 16.5. The molecule has 3 aromatic rings. The highest BCUT2D eigenvalue weighted by Gasteiger charge is 2.28. The molecule has 5 nitrogen and oxygen atoms in total. The third-order valence-electron chi connectivity index (χ3n) is 6.17. The standard InChI is InChI=1S/C27H30N2O3/c1-20(27(31)28-23-14-6-7-15-23)29(18-21-10-3-2-4-11-21)26(30)19-32-25-17-9-13-22-12-5-8-16-24(22)25/h2-5,8-13,16-17,20,23H,6-7,14-15,18-19H2,1H3,(H,28,31)/t20-/m1/s1. The van der Waals surface area contributed by atoms with Crippen molar-refractivity contribution in [3.8, 4) is 5.75 Å². The van der Waals surface area contributed by atoms with Crippen molar-refractivity contribution in [3.05, 3.63) is 78.4 Å². The number of ether oxygens (including phenoxy) is 1. The van der Waals surface area contributed by atoms with Gasteiger partial charge in [-0.1, -0.05) is 79.6 Å². The molecule has 1 saturated carbocycles. The Morgan fingerprint density at radius 3 is 2.44 bits per heavy atom. The first-order chi connectivity index (χ1) is 15.6. The average Bonchev–Trinajstić information content (AvgIpc) is 3.34. The van der Waals surface area contributed by atoms with Crippen LogP contribution in [0.1, 0.15) is 38.2 Å². The minimum Gasteiger partial charge on any atom is -0.483 e. The number of carbonyl (C=O) groups is 2. The Hall–Kier alpha value is -3.34. The van der Waals surface area contributed by atoms with E-state index in [2.05, 4.69) is 5.32 Å². The number of nitrogens with one attached hydrogen (secondary N) is 1. The summed E-state index contributed by atoms with van der Waals surface area (Å²) in [6.07, 6.45) is 4.31.